The minimum atomic E-state index is -0.0964. The second-order valence-electron chi connectivity index (χ2n) is 5.27. The number of nitrogens with one attached hydrogen (secondary N) is 2. The maximum Gasteiger partial charge on any atom is 0.243 e. The zero-order chi connectivity index (χ0) is 15.5. The van der Waals surface area contributed by atoms with Crippen LogP contribution in [0.1, 0.15) is 11.1 Å². The summed E-state index contributed by atoms with van der Waals surface area (Å²) in [6, 6.07) is 11.4. The molecule has 0 aliphatic carbocycles. The van der Waals surface area contributed by atoms with Crippen molar-refractivity contribution in [3.8, 4) is 11.5 Å². The van der Waals surface area contributed by atoms with Gasteiger partial charge in [-0.1, -0.05) is 6.07 Å². The molecule has 1 aliphatic heterocycles. The Balaban J connectivity index is 1.57. The molecule has 0 radical (unpaired) electrons. The monoisotopic (exact) mass is 298 g/mol. The van der Waals surface area contributed by atoms with Gasteiger partial charge in [0.05, 0.1) is 6.54 Å². The summed E-state index contributed by atoms with van der Waals surface area (Å²) in [5.41, 5.74) is 3.98. The molecule has 0 fully saturated rings. The molecule has 2 N–H and O–H groups in total. The van der Waals surface area contributed by atoms with Crippen molar-refractivity contribution in [3.63, 3.8) is 0 Å². The lowest BCUT2D eigenvalue weighted by atomic mass is 10.1. The van der Waals surface area contributed by atoms with Crippen LogP contribution in [-0.4, -0.2) is 19.2 Å². The molecule has 22 heavy (non-hydrogen) atoms. The van der Waals surface area contributed by atoms with E-state index in [-0.39, 0.29) is 19.2 Å². The molecule has 0 unspecified atom stereocenters. The summed E-state index contributed by atoms with van der Waals surface area (Å²) in [7, 11) is 0. The Labute approximate surface area is 129 Å². The molecule has 2 aromatic carbocycles. The van der Waals surface area contributed by atoms with Crippen molar-refractivity contribution in [1.29, 1.82) is 0 Å². The topological polar surface area (TPSA) is 59.6 Å². The van der Waals surface area contributed by atoms with Crippen LogP contribution >= 0.6 is 0 Å². The molecule has 114 valence electrons. The fourth-order valence-electron chi connectivity index (χ4n) is 2.21. The van der Waals surface area contributed by atoms with Gasteiger partial charge >= 0.3 is 0 Å². The summed E-state index contributed by atoms with van der Waals surface area (Å²) in [4.78, 5) is 12.0. The second-order valence-corrected chi connectivity index (χ2v) is 5.27. The maximum atomic E-state index is 12.0. The smallest absolute Gasteiger partial charge is 0.243 e. The van der Waals surface area contributed by atoms with Gasteiger partial charge in [-0.15, -0.1) is 0 Å². The number of fused-ring (bicyclic) bond motifs is 1. The third-order valence-electron chi connectivity index (χ3n) is 3.62. The summed E-state index contributed by atoms with van der Waals surface area (Å²) in [5.74, 6) is 1.32. The molecule has 1 aliphatic rings. The standard InChI is InChI=1S/C17H18N2O3/c1-11-3-4-14(7-12(11)2)19-17(20)9-18-13-5-6-15-16(8-13)22-10-21-15/h3-8,18H,9-10H2,1-2H3,(H,19,20). The van der Waals surface area contributed by atoms with Gasteiger partial charge in [0.15, 0.2) is 11.5 Å². The lowest BCUT2D eigenvalue weighted by Crippen LogP contribution is -2.21. The zero-order valence-electron chi connectivity index (χ0n) is 12.6. The Bertz CT molecular complexity index is 713. The molecule has 1 amide bonds. The summed E-state index contributed by atoms with van der Waals surface area (Å²) < 4.78 is 10.6. The quantitative estimate of drug-likeness (QED) is 0.910. The Hall–Kier alpha value is -2.69. The molecule has 3 rings (SSSR count). The molecule has 0 aromatic heterocycles. The Morgan fingerprint density at radius 1 is 1.00 bits per heavy atom. The Morgan fingerprint density at radius 3 is 2.59 bits per heavy atom. The van der Waals surface area contributed by atoms with Crippen molar-refractivity contribution in [2.45, 2.75) is 13.8 Å². The largest absolute Gasteiger partial charge is 0.454 e. The molecule has 5 nitrogen and oxygen atoms in total. The first-order chi connectivity index (χ1) is 10.6. The van der Waals surface area contributed by atoms with Gasteiger partial charge in [0.1, 0.15) is 0 Å². The van der Waals surface area contributed by atoms with E-state index in [1.165, 1.54) is 5.56 Å². The van der Waals surface area contributed by atoms with Crippen LogP contribution in [0.15, 0.2) is 36.4 Å². The van der Waals surface area contributed by atoms with E-state index in [4.69, 9.17) is 9.47 Å². The van der Waals surface area contributed by atoms with Gasteiger partial charge < -0.3 is 20.1 Å². The first-order valence-electron chi connectivity index (χ1n) is 7.12. The van der Waals surface area contributed by atoms with E-state index in [9.17, 15) is 4.79 Å². The SMILES string of the molecule is Cc1ccc(NC(=O)CNc2ccc3c(c2)OCO3)cc1C. The van der Waals surface area contributed by atoms with Crippen LogP contribution in [-0.2, 0) is 4.79 Å². The highest BCUT2D eigenvalue weighted by molar-refractivity contribution is 5.93. The molecule has 0 saturated heterocycles. The third-order valence-corrected chi connectivity index (χ3v) is 3.62. The van der Waals surface area contributed by atoms with Crippen molar-refractivity contribution in [2.24, 2.45) is 0 Å². The summed E-state index contributed by atoms with van der Waals surface area (Å²) in [6.07, 6.45) is 0. The number of ether oxygens (including phenoxy) is 2. The molecule has 0 saturated carbocycles. The van der Waals surface area contributed by atoms with E-state index in [0.717, 1.165) is 22.7 Å². The summed E-state index contributed by atoms with van der Waals surface area (Å²) >= 11 is 0. The number of aryl methyl sites for hydroxylation is 2. The average Bonchev–Trinajstić information content (AvgIpc) is 2.96. The van der Waals surface area contributed by atoms with Gasteiger partial charge in [-0.25, -0.2) is 0 Å². The van der Waals surface area contributed by atoms with Crippen molar-refractivity contribution < 1.29 is 14.3 Å². The van der Waals surface area contributed by atoms with Crippen LogP contribution in [0.2, 0.25) is 0 Å². The van der Waals surface area contributed by atoms with Crippen LogP contribution in [0.3, 0.4) is 0 Å². The van der Waals surface area contributed by atoms with Gasteiger partial charge in [-0.05, 0) is 49.2 Å². The van der Waals surface area contributed by atoms with Crippen molar-refractivity contribution >= 4 is 17.3 Å². The lowest BCUT2D eigenvalue weighted by Gasteiger charge is -2.09. The van der Waals surface area contributed by atoms with Crippen LogP contribution < -0.4 is 20.1 Å². The highest BCUT2D eigenvalue weighted by atomic mass is 16.7. The van der Waals surface area contributed by atoms with Crippen LogP contribution in [0.4, 0.5) is 11.4 Å². The third kappa shape index (κ3) is 3.14. The number of anilines is 2. The molecule has 2 aromatic rings. The number of hydrogen-bond donors (Lipinski definition) is 2. The van der Waals surface area contributed by atoms with E-state index in [2.05, 4.69) is 10.6 Å². The maximum absolute atomic E-state index is 12.0. The van der Waals surface area contributed by atoms with Crippen LogP contribution in [0, 0.1) is 13.8 Å². The van der Waals surface area contributed by atoms with Crippen molar-refractivity contribution in [2.75, 3.05) is 24.0 Å². The minimum absolute atomic E-state index is 0.0964. The van der Waals surface area contributed by atoms with Crippen molar-refractivity contribution in [3.05, 3.63) is 47.5 Å². The predicted molar refractivity (Wildman–Crippen MR) is 85.6 cm³/mol. The van der Waals surface area contributed by atoms with Gasteiger partial charge in [0.25, 0.3) is 0 Å². The predicted octanol–water partition coefficient (Wildman–Crippen LogP) is 3.08. The normalized spacial score (nSPS) is 12.1. The zero-order valence-corrected chi connectivity index (χ0v) is 12.6. The number of amides is 1. The molecule has 5 heteroatoms. The van der Waals surface area contributed by atoms with Gasteiger partial charge in [-0.2, -0.15) is 0 Å². The van der Waals surface area contributed by atoms with E-state index in [1.807, 2.05) is 50.2 Å². The number of carbonyl (C=O) groups excluding carboxylic acids is 1. The molecular weight excluding hydrogens is 280 g/mol. The molecule has 0 spiro atoms. The van der Waals surface area contributed by atoms with Gasteiger partial charge in [0, 0.05) is 17.4 Å². The van der Waals surface area contributed by atoms with Crippen LogP contribution in [0.5, 0.6) is 11.5 Å². The average molecular weight is 298 g/mol. The van der Waals surface area contributed by atoms with Crippen LogP contribution in [0.25, 0.3) is 0 Å². The highest BCUT2D eigenvalue weighted by Gasteiger charge is 2.13. The number of carbonyl (C=O) groups is 1. The van der Waals surface area contributed by atoms with Crippen molar-refractivity contribution in [1.82, 2.24) is 0 Å². The summed E-state index contributed by atoms with van der Waals surface area (Å²) in [5, 5.41) is 5.95. The Kier molecular flexibility index (Phi) is 3.87. The Morgan fingerprint density at radius 2 is 1.77 bits per heavy atom. The van der Waals surface area contributed by atoms with Gasteiger partial charge in [0.2, 0.25) is 12.7 Å². The van der Waals surface area contributed by atoms with E-state index in [1.54, 1.807) is 0 Å². The number of benzene rings is 2. The number of rotatable bonds is 4. The summed E-state index contributed by atoms with van der Waals surface area (Å²) in [6.45, 7) is 4.50. The van der Waals surface area contributed by atoms with Gasteiger partial charge in [-0.3, -0.25) is 4.79 Å². The second kappa shape index (κ2) is 5.97. The fourth-order valence-corrected chi connectivity index (χ4v) is 2.21. The molecule has 0 bridgehead atoms. The minimum Gasteiger partial charge on any atom is -0.454 e. The first-order valence-corrected chi connectivity index (χ1v) is 7.12. The lowest BCUT2D eigenvalue weighted by molar-refractivity contribution is -0.114. The number of hydrogen-bond acceptors (Lipinski definition) is 4. The fraction of sp³-hybridized carbons (Fsp3) is 0.235. The molecule has 1 heterocycles. The highest BCUT2D eigenvalue weighted by Crippen LogP contribution is 2.34. The van der Waals surface area contributed by atoms with E-state index >= 15 is 0 Å². The molecular formula is C17H18N2O3. The molecule has 0 atom stereocenters. The first kappa shape index (κ1) is 14.3. The van der Waals surface area contributed by atoms with E-state index in [0.29, 0.717) is 5.75 Å². The van der Waals surface area contributed by atoms with E-state index < -0.39 is 0 Å².